The molecule has 1 aliphatic rings. The second-order valence-corrected chi connectivity index (χ2v) is 35.5. The van der Waals surface area contributed by atoms with Gasteiger partial charge in [-0.3, -0.25) is 4.57 Å². The lowest BCUT2D eigenvalue weighted by atomic mass is 9.64. The molecule has 8 heterocycles. The maximum atomic E-state index is 6.09. The smallest absolute Gasteiger partial charge is 0.235 e. The van der Waals surface area contributed by atoms with E-state index in [1.54, 1.807) is 0 Å². The second kappa shape index (κ2) is 29.2. The first-order valence-corrected chi connectivity index (χ1v) is 45.7. The number of aromatic nitrogens is 8. The van der Waals surface area contributed by atoms with Crippen LogP contribution in [0, 0.1) is 0 Å². The van der Waals surface area contributed by atoms with Crippen LogP contribution in [0.25, 0.3) is 232 Å². The van der Waals surface area contributed by atoms with Crippen LogP contribution in [0.5, 0.6) is 0 Å². The zero-order valence-corrected chi connectivity index (χ0v) is 72.1. The summed E-state index contributed by atoms with van der Waals surface area (Å²) in [5.41, 5.74) is 34.3. The molecule has 27 aromatic rings. The molecule has 0 radical (unpaired) electrons. The van der Waals surface area contributed by atoms with Gasteiger partial charge in [0.1, 0.15) is 0 Å². The maximum absolute atomic E-state index is 6.09. The third-order valence-corrected chi connectivity index (χ3v) is 28.5. The molecular formula is C125H78N8. The molecule has 618 valence electrons. The summed E-state index contributed by atoms with van der Waals surface area (Å²) in [6, 6.07) is 177. The van der Waals surface area contributed by atoms with E-state index in [4.69, 9.17) is 9.97 Å². The van der Waals surface area contributed by atoms with E-state index in [0.717, 1.165) is 210 Å². The predicted molar refractivity (Wildman–Crippen MR) is 553 cm³/mol. The number of benzene rings is 20. The Bertz CT molecular complexity index is 9340. The molecule has 0 fully saturated rings. The molecule has 0 saturated carbocycles. The van der Waals surface area contributed by atoms with Crippen molar-refractivity contribution < 1.29 is 0 Å². The van der Waals surface area contributed by atoms with Crippen molar-refractivity contribution in [3.63, 3.8) is 0 Å². The molecule has 28 rings (SSSR count). The van der Waals surface area contributed by atoms with E-state index < -0.39 is 5.41 Å². The molecule has 20 aromatic carbocycles. The van der Waals surface area contributed by atoms with Crippen molar-refractivity contribution in [3.05, 3.63) is 495 Å². The monoisotopic (exact) mass is 1690 g/mol. The molecular weight excluding hydrogens is 1610 g/mol. The summed E-state index contributed by atoms with van der Waals surface area (Å²) in [4.78, 5) is 12.1. The molecule has 0 unspecified atom stereocenters. The molecule has 133 heavy (non-hydrogen) atoms. The molecule has 8 nitrogen and oxygen atoms in total. The third kappa shape index (κ3) is 11.3. The number of hydrogen-bond donors (Lipinski definition) is 0. The zero-order chi connectivity index (χ0) is 87.1. The Balaban J connectivity index is 0.760. The van der Waals surface area contributed by atoms with Crippen molar-refractivity contribution in [2.45, 2.75) is 5.41 Å². The Hall–Kier alpha value is -17.7. The topological polar surface area (TPSA) is 55.4 Å². The highest BCUT2D eigenvalue weighted by atomic mass is 15.2. The maximum Gasteiger partial charge on any atom is 0.235 e. The number of rotatable bonds is 11. The highest BCUT2D eigenvalue weighted by molar-refractivity contribution is 6.17. The Morgan fingerprint density at radius 3 is 0.835 bits per heavy atom. The van der Waals surface area contributed by atoms with E-state index in [1.807, 2.05) is 0 Å². The third-order valence-electron chi connectivity index (χ3n) is 28.5. The van der Waals surface area contributed by atoms with Gasteiger partial charge < -0.3 is 22.8 Å². The largest absolute Gasteiger partial charge is 0.309 e. The molecule has 0 spiro atoms. The number of para-hydroxylation sites is 8. The van der Waals surface area contributed by atoms with Gasteiger partial charge in [0.25, 0.3) is 0 Å². The van der Waals surface area contributed by atoms with Crippen LogP contribution in [0.4, 0.5) is 0 Å². The Morgan fingerprint density at radius 1 is 0.135 bits per heavy atom. The van der Waals surface area contributed by atoms with Crippen molar-refractivity contribution in [2.24, 2.45) is 0 Å². The lowest BCUT2D eigenvalue weighted by Gasteiger charge is -2.37. The van der Waals surface area contributed by atoms with Gasteiger partial charge in [0, 0.05) is 104 Å². The minimum atomic E-state index is -1.13. The van der Waals surface area contributed by atoms with Crippen LogP contribution in [0.15, 0.2) is 473 Å². The van der Waals surface area contributed by atoms with Gasteiger partial charge in [-0.2, -0.15) is 0 Å². The van der Waals surface area contributed by atoms with E-state index in [9.17, 15) is 0 Å². The quantitative estimate of drug-likeness (QED) is 0.130. The zero-order valence-electron chi connectivity index (χ0n) is 72.1. The van der Waals surface area contributed by atoms with Gasteiger partial charge in [0.2, 0.25) is 5.95 Å². The summed E-state index contributed by atoms with van der Waals surface area (Å²) in [6.45, 7) is 0. The minimum absolute atomic E-state index is 0.542. The summed E-state index contributed by atoms with van der Waals surface area (Å²) in [5.74, 6) is 0.542. The van der Waals surface area contributed by atoms with Gasteiger partial charge in [0.15, 0.2) is 0 Å². The normalized spacial score (nSPS) is 12.6. The molecule has 0 N–H and O–H groups in total. The van der Waals surface area contributed by atoms with Crippen molar-refractivity contribution in [2.75, 3.05) is 0 Å². The van der Waals surface area contributed by atoms with Gasteiger partial charge in [-0.05, 0) is 237 Å². The first kappa shape index (κ1) is 74.4. The van der Waals surface area contributed by atoms with Gasteiger partial charge in [-0.25, -0.2) is 9.97 Å². The minimum Gasteiger partial charge on any atom is -0.309 e. The Morgan fingerprint density at radius 2 is 0.391 bits per heavy atom. The van der Waals surface area contributed by atoms with Crippen LogP contribution in [-0.4, -0.2) is 37.4 Å². The van der Waals surface area contributed by atoms with Crippen LogP contribution >= 0.6 is 0 Å². The SMILES string of the molecule is c1ccc(-c2ccc(-c3cccc(-c4cc5nc(n4)-n4c6cc(-c7ccc8c(c7)c7ccccc7n8-c7ccccc7)ccc6c6ccc(cc64)C(c4ccc6c(c4)c4ccccc4n6-c4ccccc4)(c4ccc6c(c4)c4ccccc4n6-c4ccccc4)c4ccc6c7ccc(-c8ccc9c(c8)c8ccccc8n9-c8ccccc8)cc7n(c6c4)-c4cccc-5c4)c3)cc2)cc1. The van der Waals surface area contributed by atoms with Gasteiger partial charge in [-0.15, -0.1) is 0 Å². The summed E-state index contributed by atoms with van der Waals surface area (Å²) >= 11 is 0. The van der Waals surface area contributed by atoms with Crippen LogP contribution in [0.3, 0.4) is 0 Å². The lowest BCUT2D eigenvalue weighted by molar-refractivity contribution is 0.749. The van der Waals surface area contributed by atoms with Crippen molar-refractivity contribution in [1.82, 2.24) is 37.4 Å². The molecule has 7 aromatic heterocycles. The van der Waals surface area contributed by atoms with Crippen LogP contribution in [0.2, 0.25) is 0 Å². The summed E-state index contributed by atoms with van der Waals surface area (Å²) in [5, 5.41) is 13.8. The van der Waals surface area contributed by atoms with Crippen molar-refractivity contribution in [3.8, 4) is 101 Å². The number of fused-ring (bicyclic) bond motifs is 27. The fraction of sp³-hybridized carbons (Fsp3) is 0.00800. The van der Waals surface area contributed by atoms with Gasteiger partial charge in [0.05, 0.1) is 83.0 Å². The first-order chi connectivity index (χ1) is 65.9. The highest BCUT2D eigenvalue weighted by Gasteiger charge is 2.42. The van der Waals surface area contributed by atoms with E-state index in [-0.39, 0.29) is 0 Å². The van der Waals surface area contributed by atoms with Crippen LogP contribution < -0.4 is 0 Å². The summed E-state index contributed by atoms with van der Waals surface area (Å²) in [6.07, 6.45) is 0. The molecule has 0 amide bonds. The number of hydrogen-bond acceptors (Lipinski definition) is 2. The fourth-order valence-corrected chi connectivity index (χ4v) is 22.5. The van der Waals surface area contributed by atoms with E-state index in [0.29, 0.717) is 5.95 Å². The van der Waals surface area contributed by atoms with Crippen LogP contribution in [0.1, 0.15) is 22.3 Å². The fourth-order valence-electron chi connectivity index (χ4n) is 22.5. The van der Waals surface area contributed by atoms with E-state index in [1.165, 1.54) is 38.2 Å². The average molecular weight is 1690 g/mol. The first-order valence-electron chi connectivity index (χ1n) is 45.7. The molecule has 8 bridgehead atoms. The standard InChI is InChI=1S/C125H78N8/c1-6-26-79(27-7-1)80-48-50-81(51-49-80)82-28-24-29-87(68-82)110-78-111-88-30-25-39-97(69-88)132-120-72-85(83-54-64-116-106(70-83)98-40-16-20-44-112(98)128(116)93-31-8-2-9-32-93)52-60-102(120)104-62-56-91(76-122(104)132)125(89-58-66-118-108(74-89)100-42-18-22-46-114(100)130(118)95-35-12-4-13-36-95,90-59-67-119-109(75-90)101-43-19-23-47-115(101)131(119)96-37-14-5-15-38-96)92-57-63-105-103-61-53-86(73-121(103)133(123(105)77-92)124(126-110)127-111)84-55-65-117-107(71-84)99-41-17-21-45-113(99)129(117)94-33-10-3-11-34-94/h1-78H. The average Bonchev–Trinajstić information content (AvgIpc) is 1.55. The van der Waals surface area contributed by atoms with Gasteiger partial charge >= 0.3 is 0 Å². The highest BCUT2D eigenvalue weighted by Crippen LogP contribution is 2.53. The summed E-state index contributed by atoms with van der Waals surface area (Å²) in [7, 11) is 0. The summed E-state index contributed by atoms with van der Waals surface area (Å²) < 4.78 is 14.6. The van der Waals surface area contributed by atoms with Gasteiger partial charge in [-0.1, -0.05) is 303 Å². The predicted octanol–water partition coefficient (Wildman–Crippen LogP) is 31.8. The Kier molecular flexibility index (Phi) is 16.3. The molecule has 8 heteroatoms. The molecule has 0 atom stereocenters. The van der Waals surface area contributed by atoms with Crippen LogP contribution in [-0.2, 0) is 5.41 Å². The molecule has 1 aliphatic heterocycles. The van der Waals surface area contributed by atoms with Crippen molar-refractivity contribution in [1.29, 1.82) is 0 Å². The van der Waals surface area contributed by atoms with E-state index >= 15 is 0 Å². The number of nitrogens with zero attached hydrogens (tertiary/aromatic N) is 8. The molecule has 0 saturated heterocycles. The Labute approximate surface area is 765 Å². The second-order valence-electron chi connectivity index (χ2n) is 35.5. The molecule has 0 aliphatic carbocycles. The lowest BCUT2D eigenvalue weighted by Crippen LogP contribution is -2.31. The van der Waals surface area contributed by atoms with Crippen molar-refractivity contribution >= 4 is 131 Å². The van der Waals surface area contributed by atoms with E-state index in [2.05, 4.69) is 501 Å².